The van der Waals surface area contributed by atoms with Crippen LogP contribution in [0.25, 0.3) is 0 Å². The topological polar surface area (TPSA) is 12.0 Å². The van der Waals surface area contributed by atoms with E-state index in [0.717, 1.165) is 20.4 Å². The molecule has 2 aromatic rings. The summed E-state index contributed by atoms with van der Waals surface area (Å²) in [5, 5.41) is 5.33. The molecule has 1 aromatic carbocycles. The third kappa shape index (κ3) is 2.85. The Bertz CT molecular complexity index is 521. The second kappa shape index (κ2) is 6.28. The molecule has 0 fully saturated rings. The Hall–Kier alpha value is -0.230. The summed E-state index contributed by atoms with van der Waals surface area (Å²) < 4.78 is 15.9. The van der Waals surface area contributed by atoms with Gasteiger partial charge >= 0.3 is 0 Å². The van der Waals surface area contributed by atoms with E-state index < -0.39 is 0 Å². The standard InChI is InChI=1S/C13H12Br2FNS/c1-2-17-12(13-9(15)6-7-18-13)11-8(14)4-3-5-10(11)16/h3-7,12,17H,2H2,1H3. The van der Waals surface area contributed by atoms with E-state index in [2.05, 4.69) is 37.2 Å². The molecule has 0 bridgehead atoms. The van der Waals surface area contributed by atoms with Gasteiger partial charge in [0.1, 0.15) is 5.82 Å². The third-order valence-corrected chi connectivity index (χ3v) is 5.23. The molecular formula is C13H12Br2FNS. The maximum absolute atomic E-state index is 14.1. The van der Waals surface area contributed by atoms with Gasteiger partial charge in [0.25, 0.3) is 0 Å². The monoisotopic (exact) mass is 391 g/mol. The van der Waals surface area contributed by atoms with E-state index in [9.17, 15) is 4.39 Å². The average molecular weight is 393 g/mol. The van der Waals surface area contributed by atoms with Crippen LogP contribution in [0.4, 0.5) is 4.39 Å². The van der Waals surface area contributed by atoms with Crippen LogP contribution < -0.4 is 5.32 Å². The molecule has 0 amide bonds. The quantitative estimate of drug-likeness (QED) is 0.762. The third-order valence-electron chi connectivity index (χ3n) is 2.60. The Morgan fingerprint density at radius 1 is 1.28 bits per heavy atom. The number of rotatable bonds is 4. The molecule has 1 nitrogen and oxygen atoms in total. The molecule has 96 valence electrons. The molecule has 0 radical (unpaired) electrons. The lowest BCUT2D eigenvalue weighted by atomic mass is 10.0. The highest BCUT2D eigenvalue weighted by Crippen LogP contribution is 2.37. The summed E-state index contributed by atoms with van der Waals surface area (Å²) in [6.07, 6.45) is 0. The Morgan fingerprint density at radius 2 is 2.06 bits per heavy atom. The highest BCUT2D eigenvalue weighted by Gasteiger charge is 2.22. The molecule has 18 heavy (non-hydrogen) atoms. The Balaban J connectivity index is 2.52. The first kappa shape index (κ1) is 14.2. The zero-order valence-corrected chi connectivity index (χ0v) is 13.7. The zero-order valence-electron chi connectivity index (χ0n) is 9.71. The van der Waals surface area contributed by atoms with E-state index in [1.54, 1.807) is 17.4 Å². The van der Waals surface area contributed by atoms with Gasteiger partial charge in [0.15, 0.2) is 0 Å². The predicted octanol–water partition coefficient (Wildman–Crippen LogP) is 5.11. The van der Waals surface area contributed by atoms with Crippen molar-refractivity contribution in [3.8, 4) is 0 Å². The number of hydrogen-bond acceptors (Lipinski definition) is 2. The fourth-order valence-corrected chi connectivity index (χ4v) is 4.08. The van der Waals surface area contributed by atoms with Crippen molar-refractivity contribution in [3.05, 3.63) is 54.8 Å². The summed E-state index contributed by atoms with van der Waals surface area (Å²) in [7, 11) is 0. The van der Waals surface area contributed by atoms with E-state index in [1.807, 2.05) is 24.4 Å². The van der Waals surface area contributed by atoms with Crippen LogP contribution in [0.1, 0.15) is 23.4 Å². The molecule has 2 rings (SSSR count). The van der Waals surface area contributed by atoms with E-state index in [0.29, 0.717) is 5.56 Å². The molecule has 0 spiro atoms. The number of hydrogen-bond donors (Lipinski definition) is 1. The van der Waals surface area contributed by atoms with Crippen LogP contribution in [-0.2, 0) is 0 Å². The lowest BCUT2D eigenvalue weighted by molar-refractivity contribution is 0.560. The van der Waals surface area contributed by atoms with Gasteiger partial charge in [-0.25, -0.2) is 4.39 Å². The van der Waals surface area contributed by atoms with Crippen molar-refractivity contribution in [2.45, 2.75) is 13.0 Å². The minimum absolute atomic E-state index is 0.139. The molecule has 1 atom stereocenters. The molecule has 0 aliphatic heterocycles. The van der Waals surface area contributed by atoms with Gasteiger partial charge in [0.2, 0.25) is 0 Å². The number of halogens is 3. The van der Waals surface area contributed by atoms with Crippen LogP contribution in [0.3, 0.4) is 0 Å². The van der Waals surface area contributed by atoms with Gasteiger partial charge in [-0.05, 0) is 46.1 Å². The minimum Gasteiger partial charge on any atom is -0.306 e. The average Bonchev–Trinajstić information content (AvgIpc) is 2.74. The molecular weight excluding hydrogens is 381 g/mol. The van der Waals surface area contributed by atoms with Crippen molar-refractivity contribution in [1.82, 2.24) is 5.32 Å². The van der Waals surface area contributed by atoms with Crippen molar-refractivity contribution in [1.29, 1.82) is 0 Å². The van der Waals surface area contributed by atoms with Crippen molar-refractivity contribution in [2.24, 2.45) is 0 Å². The van der Waals surface area contributed by atoms with Gasteiger partial charge in [-0.2, -0.15) is 0 Å². The molecule has 0 aliphatic carbocycles. The van der Waals surface area contributed by atoms with E-state index >= 15 is 0 Å². The van der Waals surface area contributed by atoms with Crippen molar-refractivity contribution in [2.75, 3.05) is 6.54 Å². The van der Waals surface area contributed by atoms with Crippen LogP contribution in [0.5, 0.6) is 0 Å². The summed E-state index contributed by atoms with van der Waals surface area (Å²) in [5.41, 5.74) is 0.655. The number of thiophene rings is 1. The zero-order chi connectivity index (χ0) is 13.1. The van der Waals surface area contributed by atoms with Crippen molar-refractivity contribution in [3.63, 3.8) is 0 Å². The van der Waals surface area contributed by atoms with Crippen LogP contribution in [0.2, 0.25) is 0 Å². The lowest BCUT2D eigenvalue weighted by Crippen LogP contribution is -2.22. The fraction of sp³-hybridized carbons (Fsp3) is 0.231. The van der Waals surface area contributed by atoms with Gasteiger partial charge in [0.05, 0.1) is 6.04 Å². The first-order valence-corrected chi connectivity index (χ1v) is 8.02. The largest absolute Gasteiger partial charge is 0.306 e. The first-order valence-electron chi connectivity index (χ1n) is 5.55. The van der Waals surface area contributed by atoms with Crippen LogP contribution in [0.15, 0.2) is 38.6 Å². The second-order valence-corrected chi connectivity index (χ2v) is 6.42. The number of nitrogens with one attached hydrogen (secondary N) is 1. The SMILES string of the molecule is CCNC(c1sccc1Br)c1c(F)cccc1Br. The molecule has 1 heterocycles. The molecule has 1 aromatic heterocycles. The van der Waals surface area contributed by atoms with Crippen molar-refractivity contribution < 1.29 is 4.39 Å². The molecule has 5 heteroatoms. The lowest BCUT2D eigenvalue weighted by Gasteiger charge is -2.19. The summed E-state index contributed by atoms with van der Waals surface area (Å²) in [6, 6.07) is 6.91. The van der Waals surface area contributed by atoms with Gasteiger partial charge in [0, 0.05) is 19.4 Å². The van der Waals surface area contributed by atoms with E-state index in [-0.39, 0.29) is 11.9 Å². The summed E-state index contributed by atoms with van der Waals surface area (Å²) in [6.45, 7) is 2.79. The Kier molecular flexibility index (Phi) is 4.95. The molecule has 0 saturated heterocycles. The maximum Gasteiger partial charge on any atom is 0.129 e. The molecule has 1 unspecified atom stereocenters. The highest BCUT2D eigenvalue weighted by atomic mass is 79.9. The van der Waals surface area contributed by atoms with Gasteiger partial charge in [-0.1, -0.05) is 28.9 Å². The van der Waals surface area contributed by atoms with E-state index in [4.69, 9.17) is 0 Å². The normalized spacial score (nSPS) is 12.7. The smallest absolute Gasteiger partial charge is 0.129 e. The molecule has 1 N–H and O–H groups in total. The Labute approximate surface area is 127 Å². The van der Waals surface area contributed by atoms with Gasteiger partial charge in [-0.15, -0.1) is 11.3 Å². The Morgan fingerprint density at radius 3 is 2.61 bits per heavy atom. The van der Waals surface area contributed by atoms with Crippen LogP contribution in [0, 0.1) is 5.82 Å². The molecule has 0 aliphatic rings. The fourth-order valence-electron chi connectivity index (χ4n) is 1.83. The van der Waals surface area contributed by atoms with Gasteiger partial charge < -0.3 is 5.32 Å². The minimum atomic E-state index is -0.198. The first-order chi connectivity index (χ1) is 8.65. The highest BCUT2D eigenvalue weighted by molar-refractivity contribution is 9.10. The van der Waals surface area contributed by atoms with E-state index in [1.165, 1.54) is 6.07 Å². The summed E-state index contributed by atoms with van der Waals surface area (Å²) in [5.74, 6) is -0.198. The summed E-state index contributed by atoms with van der Waals surface area (Å²) in [4.78, 5) is 1.09. The van der Waals surface area contributed by atoms with Crippen molar-refractivity contribution >= 4 is 43.2 Å². The predicted molar refractivity (Wildman–Crippen MR) is 81.6 cm³/mol. The molecule has 0 saturated carbocycles. The second-order valence-electron chi connectivity index (χ2n) is 3.76. The number of benzene rings is 1. The maximum atomic E-state index is 14.1. The van der Waals surface area contributed by atoms with Crippen LogP contribution >= 0.6 is 43.2 Å². The summed E-state index contributed by atoms with van der Waals surface area (Å²) >= 11 is 8.57. The van der Waals surface area contributed by atoms with Gasteiger partial charge in [-0.3, -0.25) is 0 Å². The van der Waals surface area contributed by atoms with Crippen LogP contribution in [-0.4, -0.2) is 6.54 Å².